The molecular formula is C20H29ClN8O. The fourth-order valence-corrected chi connectivity index (χ4v) is 4.64. The normalized spacial score (nSPS) is 23.8. The number of aromatic nitrogens is 4. The zero-order chi connectivity index (χ0) is 19.8. The molecule has 5 heterocycles. The van der Waals surface area contributed by atoms with Crippen LogP contribution in [-0.2, 0) is 11.2 Å². The molecule has 2 aromatic rings. The largest absolute Gasteiger partial charge is 0.378 e. The molecule has 9 nitrogen and oxygen atoms in total. The molecule has 5 rings (SSSR count). The molecule has 0 aromatic carbocycles. The van der Waals surface area contributed by atoms with Gasteiger partial charge in [0.25, 0.3) is 0 Å². The lowest BCUT2D eigenvalue weighted by Crippen LogP contribution is -2.55. The van der Waals surface area contributed by atoms with Crippen LogP contribution in [0.2, 0.25) is 0 Å². The van der Waals surface area contributed by atoms with Crippen molar-refractivity contribution >= 4 is 30.1 Å². The number of fused-ring (bicyclic) bond motifs is 1. The van der Waals surface area contributed by atoms with E-state index in [-0.39, 0.29) is 23.9 Å². The molecule has 10 heteroatoms. The van der Waals surface area contributed by atoms with Crippen molar-refractivity contribution in [2.75, 3.05) is 61.5 Å². The molecule has 0 radical (unpaired) electrons. The van der Waals surface area contributed by atoms with Crippen LogP contribution in [0.4, 0.5) is 17.7 Å². The minimum Gasteiger partial charge on any atom is -0.378 e. The maximum atomic E-state index is 5.71. The zero-order valence-corrected chi connectivity index (χ0v) is 18.1. The molecule has 2 fully saturated rings. The average molecular weight is 433 g/mol. The van der Waals surface area contributed by atoms with Crippen LogP contribution in [0.25, 0.3) is 11.3 Å². The van der Waals surface area contributed by atoms with Crippen molar-refractivity contribution in [3.8, 4) is 11.3 Å². The Morgan fingerprint density at radius 2 is 1.90 bits per heavy atom. The molecule has 0 aliphatic carbocycles. The smallest absolute Gasteiger partial charge is 0.228 e. The lowest BCUT2D eigenvalue weighted by Gasteiger charge is -2.43. The summed E-state index contributed by atoms with van der Waals surface area (Å²) in [5, 5.41) is 3.57. The number of morpholine rings is 1. The highest BCUT2D eigenvalue weighted by molar-refractivity contribution is 5.85. The molecule has 0 bridgehead atoms. The molecule has 30 heavy (non-hydrogen) atoms. The molecule has 1 atom stereocenters. The number of ether oxygens (including phenoxy) is 1. The third kappa shape index (κ3) is 3.77. The number of halogens is 1. The van der Waals surface area contributed by atoms with Crippen LogP contribution in [-0.4, -0.2) is 71.4 Å². The number of nitrogens with two attached hydrogens (primary N) is 1. The third-order valence-corrected chi connectivity index (χ3v) is 6.28. The van der Waals surface area contributed by atoms with E-state index in [0.29, 0.717) is 13.2 Å². The van der Waals surface area contributed by atoms with E-state index in [1.807, 2.05) is 0 Å². The highest BCUT2D eigenvalue weighted by Gasteiger charge is 2.39. The first-order valence-electron chi connectivity index (χ1n) is 10.4. The first kappa shape index (κ1) is 21.0. The SMILES string of the molecule is CC1(N2CCc3c(-c4cnc(N)nc4)nc(N4CCOCC4)nc32)CCCNC1.Cl. The predicted octanol–water partition coefficient (Wildman–Crippen LogP) is 1.28. The molecule has 0 amide bonds. The Morgan fingerprint density at radius 3 is 2.60 bits per heavy atom. The quantitative estimate of drug-likeness (QED) is 0.741. The fraction of sp³-hybridized carbons (Fsp3) is 0.600. The number of nitrogen functional groups attached to an aromatic ring is 1. The molecule has 3 aliphatic heterocycles. The van der Waals surface area contributed by atoms with E-state index in [9.17, 15) is 0 Å². The van der Waals surface area contributed by atoms with Crippen molar-refractivity contribution in [3.63, 3.8) is 0 Å². The molecule has 0 spiro atoms. The molecule has 3 N–H and O–H groups in total. The van der Waals surface area contributed by atoms with Crippen LogP contribution < -0.4 is 20.9 Å². The summed E-state index contributed by atoms with van der Waals surface area (Å²) in [6.45, 7) is 8.37. The molecule has 1 unspecified atom stereocenters. The van der Waals surface area contributed by atoms with Crippen molar-refractivity contribution in [3.05, 3.63) is 18.0 Å². The van der Waals surface area contributed by atoms with Gasteiger partial charge in [-0.05, 0) is 32.7 Å². The van der Waals surface area contributed by atoms with Crippen LogP contribution >= 0.6 is 12.4 Å². The van der Waals surface area contributed by atoms with E-state index in [1.165, 1.54) is 12.0 Å². The monoisotopic (exact) mass is 432 g/mol. The van der Waals surface area contributed by atoms with Gasteiger partial charge in [-0.1, -0.05) is 0 Å². The molecule has 2 saturated heterocycles. The second-order valence-corrected chi connectivity index (χ2v) is 8.28. The summed E-state index contributed by atoms with van der Waals surface area (Å²) in [4.78, 5) is 23.1. The number of hydrogen-bond acceptors (Lipinski definition) is 9. The fourth-order valence-electron chi connectivity index (χ4n) is 4.64. The Hall–Kier alpha value is -2.23. The van der Waals surface area contributed by atoms with Gasteiger partial charge in [-0.2, -0.15) is 4.98 Å². The second kappa shape index (κ2) is 8.49. The Kier molecular flexibility index (Phi) is 5.95. The van der Waals surface area contributed by atoms with E-state index in [0.717, 1.165) is 68.6 Å². The van der Waals surface area contributed by atoms with Crippen LogP contribution in [0.15, 0.2) is 12.4 Å². The van der Waals surface area contributed by atoms with Crippen molar-refractivity contribution in [2.24, 2.45) is 0 Å². The Bertz CT molecular complexity index is 881. The maximum Gasteiger partial charge on any atom is 0.228 e. The van der Waals surface area contributed by atoms with Crippen molar-refractivity contribution in [1.29, 1.82) is 0 Å². The van der Waals surface area contributed by atoms with Crippen molar-refractivity contribution in [1.82, 2.24) is 25.3 Å². The van der Waals surface area contributed by atoms with Crippen LogP contribution in [0.1, 0.15) is 25.3 Å². The predicted molar refractivity (Wildman–Crippen MR) is 119 cm³/mol. The van der Waals surface area contributed by atoms with Gasteiger partial charge in [0.15, 0.2) is 0 Å². The van der Waals surface area contributed by atoms with E-state index >= 15 is 0 Å². The van der Waals surface area contributed by atoms with Gasteiger partial charge in [-0.15, -0.1) is 12.4 Å². The Morgan fingerprint density at radius 1 is 1.13 bits per heavy atom. The van der Waals surface area contributed by atoms with E-state index in [4.69, 9.17) is 20.4 Å². The van der Waals surface area contributed by atoms with E-state index in [2.05, 4.69) is 32.0 Å². The first-order chi connectivity index (χ1) is 14.1. The summed E-state index contributed by atoms with van der Waals surface area (Å²) in [7, 11) is 0. The summed E-state index contributed by atoms with van der Waals surface area (Å²) >= 11 is 0. The summed E-state index contributed by atoms with van der Waals surface area (Å²) < 4.78 is 5.52. The van der Waals surface area contributed by atoms with E-state index in [1.54, 1.807) is 12.4 Å². The number of nitrogens with zero attached hydrogens (tertiary/aromatic N) is 6. The minimum atomic E-state index is 0. The minimum absolute atomic E-state index is 0. The number of piperidine rings is 1. The zero-order valence-electron chi connectivity index (χ0n) is 17.3. The third-order valence-electron chi connectivity index (χ3n) is 6.28. The molecule has 3 aliphatic rings. The van der Waals surface area contributed by atoms with Gasteiger partial charge in [0.1, 0.15) is 5.82 Å². The summed E-state index contributed by atoms with van der Waals surface area (Å²) in [6, 6.07) is 0. The van der Waals surface area contributed by atoms with Gasteiger partial charge in [0, 0.05) is 49.7 Å². The summed E-state index contributed by atoms with van der Waals surface area (Å²) in [5.74, 6) is 2.09. The highest BCUT2D eigenvalue weighted by Crippen LogP contribution is 2.40. The van der Waals surface area contributed by atoms with Crippen LogP contribution in [0.5, 0.6) is 0 Å². The Labute approximate surface area is 182 Å². The van der Waals surface area contributed by atoms with Gasteiger partial charge in [-0.3, -0.25) is 0 Å². The number of hydrogen-bond donors (Lipinski definition) is 2. The topological polar surface area (TPSA) is 105 Å². The highest BCUT2D eigenvalue weighted by atomic mass is 35.5. The average Bonchev–Trinajstić information content (AvgIpc) is 3.20. The lowest BCUT2D eigenvalue weighted by atomic mass is 9.90. The number of rotatable bonds is 3. The molecular weight excluding hydrogens is 404 g/mol. The van der Waals surface area contributed by atoms with Gasteiger partial charge < -0.3 is 25.6 Å². The van der Waals surface area contributed by atoms with Crippen molar-refractivity contribution < 1.29 is 4.74 Å². The number of anilines is 3. The van der Waals surface area contributed by atoms with Crippen molar-refractivity contribution in [2.45, 2.75) is 31.7 Å². The standard InChI is InChI=1S/C20H28N8O.ClH/c1-20(4-2-5-22-13-20)28-6-3-15-16(14-11-23-18(21)24-12-14)25-19(26-17(15)28)27-7-9-29-10-8-27;/h11-12,22H,2-10,13H2,1H3,(H2,21,23,24);1H. The molecule has 0 saturated carbocycles. The van der Waals surface area contributed by atoms with Gasteiger partial charge in [0.2, 0.25) is 11.9 Å². The maximum absolute atomic E-state index is 5.71. The van der Waals surface area contributed by atoms with Crippen LogP contribution in [0, 0.1) is 0 Å². The Balaban J connectivity index is 0.00000218. The van der Waals surface area contributed by atoms with Gasteiger partial charge in [-0.25, -0.2) is 15.0 Å². The van der Waals surface area contributed by atoms with Gasteiger partial charge >= 0.3 is 0 Å². The summed E-state index contributed by atoms with van der Waals surface area (Å²) in [5.41, 5.74) is 8.77. The summed E-state index contributed by atoms with van der Waals surface area (Å²) in [6.07, 6.45) is 6.80. The first-order valence-corrected chi connectivity index (χ1v) is 10.4. The molecule has 2 aromatic heterocycles. The molecule has 162 valence electrons. The lowest BCUT2D eigenvalue weighted by molar-refractivity contribution is 0.122. The van der Waals surface area contributed by atoms with E-state index < -0.39 is 0 Å². The van der Waals surface area contributed by atoms with Crippen LogP contribution in [0.3, 0.4) is 0 Å². The second-order valence-electron chi connectivity index (χ2n) is 8.28. The van der Waals surface area contributed by atoms with Gasteiger partial charge in [0.05, 0.1) is 24.4 Å². The number of nitrogens with one attached hydrogen (secondary N) is 1.